The quantitative estimate of drug-likeness (QED) is 0.590. The molecule has 3 heteroatoms. The van der Waals surface area contributed by atoms with Crippen molar-refractivity contribution in [3.05, 3.63) is 54.8 Å². The minimum Gasteiger partial charge on any atom is -0.494 e. The van der Waals surface area contributed by atoms with Crippen molar-refractivity contribution in [2.75, 3.05) is 6.61 Å². The fourth-order valence-electron chi connectivity index (χ4n) is 2.11. The van der Waals surface area contributed by atoms with Crippen LogP contribution in [0.15, 0.2) is 49.3 Å². The van der Waals surface area contributed by atoms with Crippen LogP contribution >= 0.6 is 0 Å². The molecule has 0 amide bonds. The number of rotatable bonds is 5. The second kappa shape index (κ2) is 5.08. The number of ether oxygens (including phenoxy) is 2. The zero-order chi connectivity index (χ0) is 13.0. The summed E-state index contributed by atoms with van der Waals surface area (Å²) in [5.74, 6) is 0.539. The number of esters is 1. The minimum absolute atomic E-state index is 0.258. The first kappa shape index (κ1) is 12.4. The average Bonchev–Trinajstić information content (AvgIpc) is 2.74. The molecule has 1 aromatic carbocycles. The van der Waals surface area contributed by atoms with E-state index in [1.54, 1.807) is 12.2 Å². The number of allylic oxidation sites excluding steroid dienone is 1. The Morgan fingerprint density at radius 2 is 2.11 bits per heavy atom. The number of cyclic esters (lactones) is 1. The summed E-state index contributed by atoms with van der Waals surface area (Å²) in [6, 6.07) is 7.52. The minimum atomic E-state index is -0.730. The second-order valence-corrected chi connectivity index (χ2v) is 4.13. The molecular formula is C15H16O3. The molecule has 0 aliphatic carbocycles. The molecule has 0 aromatic heterocycles. The number of carbonyl (C=O) groups is 1. The SMILES string of the molecule is C=CC[C@]1(c2ccc(OCC)cc2)C=COC1=O. The number of carbonyl (C=O) groups excluding carboxylic acids is 1. The van der Waals surface area contributed by atoms with Crippen LogP contribution in [0.3, 0.4) is 0 Å². The van der Waals surface area contributed by atoms with Gasteiger partial charge in [0.05, 0.1) is 12.9 Å². The Kier molecular flexibility index (Phi) is 3.51. The Labute approximate surface area is 107 Å². The first-order valence-corrected chi connectivity index (χ1v) is 5.96. The van der Waals surface area contributed by atoms with Crippen molar-refractivity contribution >= 4 is 5.97 Å². The molecule has 0 saturated heterocycles. The second-order valence-electron chi connectivity index (χ2n) is 4.13. The van der Waals surface area contributed by atoms with Crippen LogP contribution in [0, 0.1) is 0 Å². The maximum absolute atomic E-state index is 11.9. The predicted octanol–water partition coefficient (Wildman–Crippen LogP) is 2.97. The van der Waals surface area contributed by atoms with Crippen LogP contribution in [0.4, 0.5) is 0 Å². The molecule has 1 aliphatic rings. The van der Waals surface area contributed by atoms with Gasteiger partial charge in [0, 0.05) is 0 Å². The molecule has 0 spiro atoms. The van der Waals surface area contributed by atoms with E-state index in [9.17, 15) is 4.79 Å². The largest absolute Gasteiger partial charge is 0.494 e. The smallest absolute Gasteiger partial charge is 0.325 e. The van der Waals surface area contributed by atoms with Gasteiger partial charge in [-0.05, 0) is 37.1 Å². The number of benzene rings is 1. The van der Waals surface area contributed by atoms with Gasteiger partial charge in [0.2, 0.25) is 0 Å². The van der Waals surface area contributed by atoms with Crippen LogP contribution < -0.4 is 4.74 Å². The lowest BCUT2D eigenvalue weighted by Crippen LogP contribution is -2.30. The molecule has 1 atom stereocenters. The highest BCUT2D eigenvalue weighted by Gasteiger charge is 2.41. The van der Waals surface area contributed by atoms with Crippen LogP contribution in [-0.4, -0.2) is 12.6 Å². The number of hydrogen-bond acceptors (Lipinski definition) is 3. The zero-order valence-corrected chi connectivity index (χ0v) is 10.4. The fraction of sp³-hybridized carbons (Fsp3) is 0.267. The van der Waals surface area contributed by atoms with E-state index in [0.29, 0.717) is 13.0 Å². The molecule has 0 saturated carbocycles. The van der Waals surface area contributed by atoms with Gasteiger partial charge in [-0.15, -0.1) is 6.58 Å². The van der Waals surface area contributed by atoms with Gasteiger partial charge in [-0.25, -0.2) is 0 Å². The fourth-order valence-corrected chi connectivity index (χ4v) is 2.11. The highest BCUT2D eigenvalue weighted by atomic mass is 16.5. The molecule has 18 heavy (non-hydrogen) atoms. The summed E-state index contributed by atoms with van der Waals surface area (Å²) >= 11 is 0. The standard InChI is InChI=1S/C15H16O3/c1-3-9-15(10-11-18-14(15)16)12-5-7-13(8-6-12)17-4-2/h3,5-8,10-11H,1,4,9H2,2H3/t15-/m1/s1. The van der Waals surface area contributed by atoms with E-state index in [1.165, 1.54) is 6.26 Å². The van der Waals surface area contributed by atoms with E-state index in [0.717, 1.165) is 11.3 Å². The van der Waals surface area contributed by atoms with Crippen molar-refractivity contribution in [1.82, 2.24) is 0 Å². The third kappa shape index (κ3) is 2.04. The van der Waals surface area contributed by atoms with Gasteiger partial charge in [0.25, 0.3) is 0 Å². The lowest BCUT2D eigenvalue weighted by atomic mass is 9.78. The zero-order valence-electron chi connectivity index (χ0n) is 10.4. The van der Waals surface area contributed by atoms with E-state index in [1.807, 2.05) is 31.2 Å². The third-order valence-corrected chi connectivity index (χ3v) is 3.04. The molecular weight excluding hydrogens is 228 g/mol. The lowest BCUT2D eigenvalue weighted by molar-refractivity contribution is -0.140. The summed E-state index contributed by atoms with van der Waals surface area (Å²) in [7, 11) is 0. The first-order valence-electron chi connectivity index (χ1n) is 5.96. The molecule has 1 aliphatic heterocycles. The molecule has 94 valence electrons. The Balaban J connectivity index is 2.34. The van der Waals surface area contributed by atoms with Crippen molar-refractivity contribution in [2.45, 2.75) is 18.8 Å². The van der Waals surface area contributed by atoms with Crippen molar-refractivity contribution in [3.8, 4) is 5.75 Å². The summed E-state index contributed by atoms with van der Waals surface area (Å²) in [6.07, 6.45) is 5.48. The van der Waals surface area contributed by atoms with Crippen LogP contribution in [0.2, 0.25) is 0 Å². The van der Waals surface area contributed by atoms with Crippen molar-refractivity contribution in [1.29, 1.82) is 0 Å². The third-order valence-electron chi connectivity index (χ3n) is 3.04. The summed E-state index contributed by atoms with van der Waals surface area (Å²) in [6.45, 7) is 6.27. The van der Waals surface area contributed by atoms with E-state index in [2.05, 4.69) is 6.58 Å². The molecule has 2 rings (SSSR count). The van der Waals surface area contributed by atoms with Gasteiger partial charge in [-0.2, -0.15) is 0 Å². The van der Waals surface area contributed by atoms with Crippen LogP contribution in [0.5, 0.6) is 5.75 Å². The topological polar surface area (TPSA) is 35.5 Å². The first-order chi connectivity index (χ1) is 8.73. The summed E-state index contributed by atoms with van der Waals surface area (Å²) in [4.78, 5) is 11.9. The molecule has 0 fully saturated rings. The van der Waals surface area contributed by atoms with Gasteiger partial charge < -0.3 is 9.47 Å². The van der Waals surface area contributed by atoms with E-state index >= 15 is 0 Å². The van der Waals surface area contributed by atoms with Gasteiger partial charge in [0.1, 0.15) is 11.2 Å². The molecule has 0 bridgehead atoms. The highest BCUT2D eigenvalue weighted by Crippen LogP contribution is 2.36. The highest BCUT2D eigenvalue weighted by molar-refractivity contribution is 5.88. The summed E-state index contributed by atoms with van der Waals surface area (Å²) in [5.41, 5.74) is 0.163. The summed E-state index contributed by atoms with van der Waals surface area (Å²) < 4.78 is 10.3. The van der Waals surface area contributed by atoms with E-state index in [4.69, 9.17) is 9.47 Å². The van der Waals surface area contributed by atoms with Crippen LogP contribution in [0.1, 0.15) is 18.9 Å². The molecule has 1 aromatic rings. The molecule has 1 heterocycles. The Bertz CT molecular complexity index is 473. The maximum Gasteiger partial charge on any atom is 0.325 e. The van der Waals surface area contributed by atoms with Gasteiger partial charge in [0.15, 0.2) is 0 Å². The van der Waals surface area contributed by atoms with Gasteiger partial charge in [-0.3, -0.25) is 4.79 Å². The molecule has 0 N–H and O–H groups in total. The Morgan fingerprint density at radius 1 is 1.39 bits per heavy atom. The van der Waals surface area contributed by atoms with Crippen molar-refractivity contribution in [3.63, 3.8) is 0 Å². The van der Waals surface area contributed by atoms with Crippen LogP contribution in [-0.2, 0) is 14.9 Å². The monoisotopic (exact) mass is 244 g/mol. The Hall–Kier alpha value is -2.03. The Morgan fingerprint density at radius 3 is 2.61 bits per heavy atom. The average molecular weight is 244 g/mol. The predicted molar refractivity (Wildman–Crippen MR) is 69.3 cm³/mol. The van der Waals surface area contributed by atoms with Crippen LogP contribution in [0.25, 0.3) is 0 Å². The number of hydrogen-bond donors (Lipinski definition) is 0. The van der Waals surface area contributed by atoms with Gasteiger partial charge >= 0.3 is 5.97 Å². The van der Waals surface area contributed by atoms with Crippen molar-refractivity contribution in [2.24, 2.45) is 0 Å². The normalized spacial score (nSPS) is 21.7. The lowest BCUT2D eigenvalue weighted by Gasteiger charge is -2.22. The van der Waals surface area contributed by atoms with E-state index in [-0.39, 0.29) is 5.97 Å². The molecule has 3 nitrogen and oxygen atoms in total. The summed E-state index contributed by atoms with van der Waals surface area (Å²) in [5, 5.41) is 0. The molecule has 0 radical (unpaired) electrons. The molecule has 0 unspecified atom stereocenters. The van der Waals surface area contributed by atoms with E-state index < -0.39 is 5.41 Å². The van der Waals surface area contributed by atoms with Gasteiger partial charge in [-0.1, -0.05) is 18.2 Å². The van der Waals surface area contributed by atoms with Crippen molar-refractivity contribution < 1.29 is 14.3 Å². The maximum atomic E-state index is 11.9.